The van der Waals surface area contributed by atoms with Crippen molar-refractivity contribution in [3.8, 4) is 0 Å². The molecular formula is C11H21NO. The second-order valence-electron chi connectivity index (χ2n) is 3.88. The van der Waals surface area contributed by atoms with Crippen molar-refractivity contribution in [2.24, 2.45) is 0 Å². The zero-order chi connectivity index (χ0) is 9.90. The molecule has 0 aromatic carbocycles. The van der Waals surface area contributed by atoms with Gasteiger partial charge in [-0.05, 0) is 32.1 Å². The second kappa shape index (κ2) is 4.12. The van der Waals surface area contributed by atoms with Crippen LogP contribution in [0.2, 0.25) is 0 Å². The maximum Gasteiger partial charge on any atom is 0.222 e. The summed E-state index contributed by atoms with van der Waals surface area (Å²) in [4.78, 5) is 13.3. The fourth-order valence-electron chi connectivity index (χ4n) is 2.34. The summed E-state index contributed by atoms with van der Waals surface area (Å²) in [5.41, 5.74) is 0.315. The highest BCUT2D eigenvalue weighted by Crippen LogP contribution is 2.43. The van der Waals surface area contributed by atoms with Gasteiger partial charge in [0.1, 0.15) is 0 Å². The molecule has 0 radical (unpaired) electrons. The van der Waals surface area contributed by atoms with Gasteiger partial charge in [-0.25, -0.2) is 0 Å². The number of piperidine rings is 1. The SMILES string of the molecule is CC.CN1C(=O)CCCC12CCC2. The molecule has 0 unspecified atom stereocenters. The molecule has 2 rings (SSSR count). The Morgan fingerprint density at radius 3 is 2.08 bits per heavy atom. The van der Waals surface area contributed by atoms with Crippen molar-refractivity contribution in [3.05, 3.63) is 0 Å². The first-order valence-corrected chi connectivity index (χ1v) is 5.51. The van der Waals surface area contributed by atoms with Gasteiger partial charge in [-0.2, -0.15) is 0 Å². The van der Waals surface area contributed by atoms with E-state index in [-0.39, 0.29) is 0 Å². The van der Waals surface area contributed by atoms with E-state index < -0.39 is 0 Å². The van der Waals surface area contributed by atoms with Crippen LogP contribution >= 0.6 is 0 Å². The molecule has 0 aromatic heterocycles. The standard InChI is InChI=1S/C9H15NO.C2H6/c1-10-8(11)4-2-5-9(10)6-3-7-9;1-2/h2-7H2,1H3;1-2H3. The summed E-state index contributed by atoms with van der Waals surface area (Å²) < 4.78 is 0. The van der Waals surface area contributed by atoms with Crippen molar-refractivity contribution in [2.45, 2.75) is 57.9 Å². The van der Waals surface area contributed by atoms with E-state index in [1.165, 1.54) is 25.7 Å². The quantitative estimate of drug-likeness (QED) is 0.565. The zero-order valence-electron chi connectivity index (χ0n) is 9.10. The molecule has 0 N–H and O–H groups in total. The first-order chi connectivity index (χ1) is 6.25. The molecule has 1 heterocycles. The first kappa shape index (κ1) is 10.6. The van der Waals surface area contributed by atoms with Gasteiger partial charge in [0.15, 0.2) is 0 Å². The molecule has 1 saturated carbocycles. The highest BCUT2D eigenvalue weighted by molar-refractivity contribution is 5.77. The highest BCUT2D eigenvalue weighted by atomic mass is 16.2. The van der Waals surface area contributed by atoms with Gasteiger partial charge < -0.3 is 4.90 Å². The smallest absolute Gasteiger partial charge is 0.222 e. The lowest BCUT2D eigenvalue weighted by Crippen LogP contribution is -2.56. The maximum absolute atomic E-state index is 11.3. The Balaban J connectivity index is 0.000000396. The molecule has 2 fully saturated rings. The van der Waals surface area contributed by atoms with Crippen LogP contribution < -0.4 is 0 Å². The molecule has 2 aliphatic rings. The van der Waals surface area contributed by atoms with Crippen LogP contribution in [0.3, 0.4) is 0 Å². The molecule has 1 aliphatic carbocycles. The van der Waals surface area contributed by atoms with E-state index in [1.807, 2.05) is 25.8 Å². The number of amides is 1. The summed E-state index contributed by atoms with van der Waals surface area (Å²) in [6, 6.07) is 0. The summed E-state index contributed by atoms with van der Waals surface area (Å²) in [5, 5.41) is 0. The molecule has 1 amide bonds. The molecule has 2 heteroatoms. The lowest BCUT2D eigenvalue weighted by Gasteiger charge is -2.51. The topological polar surface area (TPSA) is 20.3 Å². The monoisotopic (exact) mass is 183 g/mol. The summed E-state index contributed by atoms with van der Waals surface area (Å²) >= 11 is 0. The molecule has 1 saturated heterocycles. The molecule has 0 atom stereocenters. The average molecular weight is 183 g/mol. The van der Waals surface area contributed by atoms with Gasteiger partial charge >= 0.3 is 0 Å². The van der Waals surface area contributed by atoms with E-state index in [0.29, 0.717) is 11.4 Å². The van der Waals surface area contributed by atoms with E-state index in [1.54, 1.807) is 0 Å². The number of nitrogens with zero attached hydrogens (tertiary/aromatic N) is 1. The van der Waals surface area contributed by atoms with Crippen molar-refractivity contribution in [1.29, 1.82) is 0 Å². The third-order valence-electron chi connectivity index (χ3n) is 3.40. The summed E-state index contributed by atoms with van der Waals surface area (Å²) in [5.74, 6) is 0.357. The van der Waals surface area contributed by atoms with Crippen LogP contribution in [0.25, 0.3) is 0 Å². The summed E-state index contributed by atoms with van der Waals surface area (Å²) in [7, 11) is 1.97. The van der Waals surface area contributed by atoms with Crippen LogP contribution in [0.4, 0.5) is 0 Å². The van der Waals surface area contributed by atoms with Crippen molar-refractivity contribution < 1.29 is 4.79 Å². The van der Waals surface area contributed by atoms with Crippen LogP contribution in [-0.4, -0.2) is 23.4 Å². The molecule has 1 aliphatic heterocycles. The Bertz CT molecular complexity index is 185. The average Bonchev–Trinajstić information content (AvgIpc) is 2.11. The zero-order valence-corrected chi connectivity index (χ0v) is 9.10. The van der Waals surface area contributed by atoms with E-state index >= 15 is 0 Å². The second-order valence-corrected chi connectivity index (χ2v) is 3.88. The van der Waals surface area contributed by atoms with E-state index in [0.717, 1.165) is 12.8 Å². The van der Waals surface area contributed by atoms with Crippen LogP contribution in [-0.2, 0) is 4.79 Å². The molecule has 76 valence electrons. The van der Waals surface area contributed by atoms with Gasteiger partial charge in [0.05, 0.1) is 0 Å². The normalized spacial score (nSPS) is 24.8. The number of hydrogen-bond acceptors (Lipinski definition) is 1. The summed E-state index contributed by atoms with van der Waals surface area (Å²) in [6.07, 6.45) is 6.94. The van der Waals surface area contributed by atoms with Crippen molar-refractivity contribution in [2.75, 3.05) is 7.05 Å². The number of hydrogen-bond donors (Lipinski definition) is 0. The van der Waals surface area contributed by atoms with Gasteiger partial charge in [-0.3, -0.25) is 4.79 Å². The predicted octanol–water partition coefficient (Wildman–Crippen LogP) is 2.58. The minimum Gasteiger partial charge on any atom is -0.340 e. The van der Waals surface area contributed by atoms with Crippen molar-refractivity contribution in [1.82, 2.24) is 4.90 Å². The fraction of sp³-hybridized carbons (Fsp3) is 0.909. The number of rotatable bonds is 0. The lowest BCUT2D eigenvalue weighted by molar-refractivity contribution is -0.144. The lowest BCUT2D eigenvalue weighted by atomic mass is 9.70. The van der Waals surface area contributed by atoms with Crippen molar-refractivity contribution >= 4 is 5.91 Å². The largest absolute Gasteiger partial charge is 0.340 e. The number of likely N-dealkylation sites (tertiary alicyclic amines) is 1. The van der Waals surface area contributed by atoms with E-state index in [9.17, 15) is 4.79 Å². The van der Waals surface area contributed by atoms with Crippen LogP contribution in [0.5, 0.6) is 0 Å². The maximum atomic E-state index is 11.3. The fourth-order valence-corrected chi connectivity index (χ4v) is 2.34. The van der Waals surface area contributed by atoms with Crippen molar-refractivity contribution in [3.63, 3.8) is 0 Å². The van der Waals surface area contributed by atoms with Crippen LogP contribution in [0.15, 0.2) is 0 Å². The van der Waals surface area contributed by atoms with Crippen LogP contribution in [0.1, 0.15) is 52.4 Å². The Hall–Kier alpha value is -0.530. The Morgan fingerprint density at radius 1 is 1.15 bits per heavy atom. The molecule has 0 bridgehead atoms. The van der Waals surface area contributed by atoms with Gasteiger partial charge in [-0.15, -0.1) is 0 Å². The highest BCUT2D eigenvalue weighted by Gasteiger charge is 2.44. The van der Waals surface area contributed by atoms with Gasteiger partial charge in [0.2, 0.25) is 5.91 Å². The Labute approximate surface area is 81.3 Å². The minimum absolute atomic E-state index is 0.315. The first-order valence-electron chi connectivity index (χ1n) is 5.51. The molecule has 13 heavy (non-hydrogen) atoms. The molecule has 1 spiro atoms. The van der Waals surface area contributed by atoms with Gasteiger partial charge in [0.25, 0.3) is 0 Å². The molecule has 0 aromatic rings. The van der Waals surface area contributed by atoms with Gasteiger partial charge in [0, 0.05) is 19.0 Å². The molecule has 2 nitrogen and oxygen atoms in total. The van der Waals surface area contributed by atoms with E-state index in [4.69, 9.17) is 0 Å². The number of carbonyl (C=O) groups is 1. The number of carbonyl (C=O) groups excluding carboxylic acids is 1. The van der Waals surface area contributed by atoms with Gasteiger partial charge in [-0.1, -0.05) is 13.8 Å². The molecular weight excluding hydrogens is 162 g/mol. The Morgan fingerprint density at radius 2 is 1.69 bits per heavy atom. The van der Waals surface area contributed by atoms with E-state index in [2.05, 4.69) is 0 Å². The van der Waals surface area contributed by atoms with Crippen LogP contribution in [0, 0.1) is 0 Å². The minimum atomic E-state index is 0.315. The third-order valence-corrected chi connectivity index (χ3v) is 3.40. The predicted molar refractivity (Wildman–Crippen MR) is 54.6 cm³/mol. The third kappa shape index (κ3) is 1.72. The Kier molecular flexibility index (Phi) is 3.34. The summed E-state index contributed by atoms with van der Waals surface area (Å²) in [6.45, 7) is 4.00.